The van der Waals surface area contributed by atoms with Crippen molar-refractivity contribution in [3.63, 3.8) is 0 Å². The van der Waals surface area contributed by atoms with Crippen molar-refractivity contribution in [1.29, 1.82) is 0 Å². The van der Waals surface area contributed by atoms with Crippen molar-refractivity contribution in [3.8, 4) is 11.5 Å². The highest BCUT2D eigenvalue weighted by Gasteiger charge is 2.10. The highest BCUT2D eigenvalue weighted by Crippen LogP contribution is 2.32. The average molecular weight is 239 g/mol. The summed E-state index contributed by atoms with van der Waals surface area (Å²) in [7, 11) is 0. The first-order chi connectivity index (χ1) is 8.81. The van der Waals surface area contributed by atoms with Crippen LogP contribution in [0.1, 0.15) is 38.2 Å². The van der Waals surface area contributed by atoms with Crippen LogP contribution in [0.4, 0.5) is 0 Å². The van der Waals surface area contributed by atoms with Crippen molar-refractivity contribution in [3.05, 3.63) is 60.2 Å². The van der Waals surface area contributed by atoms with Gasteiger partial charge in [0.2, 0.25) is 0 Å². The highest BCUT2D eigenvalue weighted by molar-refractivity contribution is 5.39. The van der Waals surface area contributed by atoms with Gasteiger partial charge >= 0.3 is 0 Å². The summed E-state index contributed by atoms with van der Waals surface area (Å²) < 4.78 is 5.92. The lowest BCUT2D eigenvalue weighted by atomic mass is 9.96. The van der Waals surface area contributed by atoms with Crippen molar-refractivity contribution < 1.29 is 4.74 Å². The standard InChI is InChI=1S/C17H19O/c1-3-9-14(2)16-12-7-8-13-17(16)18-15-10-5-4-6-11-15/h4-8,10,12-14H,3,9H2,1-2H3. The highest BCUT2D eigenvalue weighted by atomic mass is 16.5. The maximum atomic E-state index is 5.92. The van der Waals surface area contributed by atoms with Gasteiger partial charge in [-0.1, -0.05) is 56.7 Å². The zero-order chi connectivity index (χ0) is 12.8. The zero-order valence-corrected chi connectivity index (χ0v) is 11.0. The predicted molar refractivity (Wildman–Crippen MR) is 75.1 cm³/mol. The fourth-order valence-electron chi connectivity index (χ4n) is 2.13. The average Bonchev–Trinajstić information content (AvgIpc) is 2.41. The van der Waals surface area contributed by atoms with Crippen LogP contribution in [0.25, 0.3) is 0 Å². The van der Waals surface area contributed by atoms with E-state index in [1.807, 2.05) is 36.4 Å². The van der Waals surface area contributed by atoms with Gasteiger partial charge in [0.05, 0.1) is 0 Å². The van der Waals surface area contributed by atoms with Gasteiger partial charge in [0, 0.05) is 6.07 Å². The van der Waals surface area contributed by atoms with Crippen LogP contribution in [-0.4, -0.2) is 0 Å². The summed E-state index contributed by atoms with van der Waals surface area (Å²) >= 11 is 0. The Morgan fingerprint density at radius 1 is 1.11 bits per heavy atom. The van der Waals surface area contributed by atoms with E-state index in [0.29, 0.717) is 5.92 Å². The Kier molecular flexibility index (Phi) is 4.40. The Morgan fingerprint density at radius 2 is 1.89 bits per heavy atom. The lowest BCUT2D eigenvalue weighted by Crippen LogP contribution is -1.97. The molecule has 1 nitrogen and oxygen atoms in total. The molecule has 0 spiro atoms. The lowest BCUT2D eigenvalue weighted by Gasteiger charge is -2.16. The van der Waals surface area contributed by atoms with Gasteiger partial charge in [-0.15, -0.1) is 0 Å². The van der Waals surface area contributed by atoms with Gasteiger partial charge in [-0.05, 0) is 30.0 Å². The molecule has 2 aromatic carbocycles. The second kappa shape index (κ2) is 6.25. The van der Waals surface area contributed by atoms with E-state index in [2.05, 4.69) is 32.0 Å². The molecule has 1 radical (unpaired) electrons. The molecule has 93 valence electrons. The molecule has 0 fully saturated rings. The first kappa shape index (κ1) is 12.7. The SMILES string of the molecule is CCCC(C)c1ccccc1Oc1[c]cccc1. The molecule has 0 bridgehead atoms. The predicted octanol–water partition coefficient (Wildman–Crippen LogP) is 5.18. The summed E-state index contributed by atoms with van der Waals surface area (Å²) in [6.07, 6.45) is 2.37. The number of hydrogen-bond donors (Lipinski definition) is 0. The van der Waals surface area contributed by atoms with Gasteiger partial charge in [-0.3, -0.25) is 0 Å². The molecule has 18 heavy (non-hydrogen) atoms. The number of hydrogen-bond acceptors (Lipinski definition) is 1. The Bertz CT molecular complexity index is 476. The first-order valence-electron chi connectivity index (χ1n) is 6.54. The molecule has 2 rings (SSSR count). The van der Waals surface area contributed by atoms with E-state index in [9.17, 15) is 0 Å². The molecule has 1 atom stereocenters. The summed E-state index contributed by atoms with van der Waals surface area (Å²) in [5, 5.41) is 0. The van der Waals surface area contributed by atoms with Crippen LogP contribution in [0.2, 0.25) is 0 Å². The third-order valence-corrected chi connectivity index (χ3v) is 3.07. The summed E-state index contributed by atoms with van der Waals surface area (Å²) in [5.41, 5.74) is 1.27. The molecule has 1 unspecified atom stereocenters. The second-order valence-corrected chi connectivity index (χ2v) is 4.56. The van der Waals surface area contributed by atoms with E-state index >= 15 is 0 Å². The maximum Gasteiger partial charge on any atom is 0.135 e. The summed E-state index contributed by atoms with van der Waals surface area (Å²) in [6, 6.07) is 19.1. The quantitative estimate of drug-likeness (QED) is 0.698. The third kappa shape index (κ3) is 3.13. The van der Waals surface area contributed by atoms with E-state index in [1.165, 1.54) is 18.4 Å². The van der Waals surface area contributed by atoms with Crippen LogP contribution in [0, 0.1) is 6.07 Å². The van der Waals surface area contributed by atoms with Crippen LogP contribution in [-0.2, 0) is 0 Å². The van der Waals surface area contributed by atoms with E-state index < -0.39 is 0 Å². The van der Waals surface area contributed by atoms with Gasteiger partial charge in [0.1, 0.15) is 11.5 Å². The molecular weight excluding hydrogens is 220 g/mol. The van der Waals surface area contributed by atoms with Gasteiger partial charge < -0.3 is 4.74 Å². The van der Waals surface area contributed by atoms with E-state index in [4.69, 9.17) is 4.74 Å². The molecule has 0 saturated carbocycles. The fourth-order valence-corrected chi connectivity index (χ4v) is 2.13. The smallest absolute Gasteiger partial charge is 0.135 e. The molecule has 0 aromatic heterocycles. The van der Waals surface area contributed by atoms with Gasteiger partial charge in [0.25, 0.3) is 0 Å². The maximum absolute atomic E-state index is 5.92. The molecule has 0 aliphatic carbocycles. The Labute approximate surface area is 109 Å². The molecule has 0 N–H and O–H groups in total. The van der Waals surface area contributed by atoms with Crippen molar-refractivity contribution in [2.45, 2.75) is 32.6 Å². The van der Waals surface area contributed by atoms with E-state index in [1.54, 1.807) is 0 Å². The van der Waals surface area contributed by atoms with E-state index in [-0.39, 0.29) is 0 Å². The van der Waals surface area contributed by atoms with Crippen molar-refractivity contribution >= 4 is 0 Å². The normalized spacial score (nSPS) is 12.1. The molecule has 0 aliphatic heterocycles. The number of ether oxygens (including phenoxy) is 1. The van der Waals surface area contributed by atoms with Crippen molar-refractivity contribution in [2.75, 3.05) is 0 Å². The number of rotatable bonds is 5. The second-order valence-electron chi connectivity index (χ2n) is 4.56. The number of para-hydroxylation sites is 2. The van der Waals surface area contributed by atoms with Crippen molar-refractivity contribution in [2.24, 2.45) is 0 Å². The van der Waals surface area contributed by atoms with Crippen LogP contribution in [0.15, 0.2) is 48.5 Å². The largest absolute Gasteiger partial charge is 0.456 e. The Morgan fingerprint density at radius 3 is 2.61 bits per heavy atom. The molecule has 0 saturated heterocycles. The molecule has 0 aliphatic rings. The first-order valence-corrected chi connectivity index (χ1v) is 6.54. The molecule has 2 aromatic rings. The number of benzene rings is 2. The van der Waals surface area contributed by atoms with Crippen LogP contribution < -0.4 is 4.74 Å². The summed E-state index contributed by atoms with van der Waals surface area (Å²) in [6.45, 7) is 4.46. The Balaban J connectivity index is 2.22. The minimum Gasteiger partial charge on any atom is -0.456 e. The minimum absolute atomic E-state index is 0.523. The summed E-state index contributed by atoms with van der Waals surface area (Å²) in [4.78, 5) is 0. The third-order valence-electron chi connectivity index (χ3n) is 3.07. The molecule has 1 heteroatoms. The van der Waals surface area contributed by atoms with Crippen LogP contribution >= 0.6 is 0 Å². The van der Waals surface area contributed by atoms with Gasteiger partial charge in [0.15, 0.2) is 0 Å². The fraction of sp³-hybridized carbons (Fsp3) is 0.294. The summed E-state index contributed by atoms with van der Waals surface area (Å²) in [5.74, 6) is 2.24. The van der Waals surface area contributed by atoms with Gasteiger partial charge in [-0.25, -0.2) is 0 Å². The Hall–Kier alpha value is -1.76. The minimum atomic E-state index is 0.523. The van der Waals surface area contributed by atoms with Crippen LogP contribution in [0.5, 0.6) is 11.5 Å². The van der Waals surface area contributed by atoms with Gasteiger partial charge in [-0.2, -0.15) is 0 Å². The lowest BCUT2D eigenvalue weighted by molar-refractivity contribution is 0.467. The molecule has 0 heterocycles. The van der Waals surface area contributed by atoms with Crippen LogP contribution in [0.3, 0.4) is 0 Å². The molecular formula is C17H19O. The zero-order valence-electron chi connectivity index (χ0n) is 11.0. The monoisotopic (exact) mass is 239 g/mol. The van der Waals surface area contributed by atoms with Crippen molar-refractivity contribution in [1.82, 2.24) is 0 Å². The van der Waals surface area contributed by atoms with E-state index in [0.717, 1.165) is 11.5 Å². The molecule has 0 amide bonds. The topological polar surface area (TPSA) is 9.23 Å².